The van der Waals surface area contributed by atoms with Gasteiger partial charge in [0, 0.05) is 30.2 Å². The van der Waals surface area contributed by atoms with Gasteiger partial charge in [-0.1, -0.05) is 36.0 Å². The molecule has 0 saturated heterocycles. The van der Waals surface area contributed by atoms with E-state index in [0.717, 1.165) is 6.42 Å². The molecule has 0 N–H and O–H groups in total. The van der Waals surface area contributed by atoms with Crippen molar-refractivity contribution in [3.63, 3.8) is 0 Å². The van der Waals surface area contributed by atoms with E-state index in [2.05, 4.69) is 66.0 Å². The second kappa shape index (κ2) is 5.61. The zero-order valence-electron chi connectivity index (χ0n) is 15.1. The fraction of sp³-hybridized carbons (Fsp3) is 0.273. The normalized spacial score (nSPS) is 12.8. The number of benzene rings is 2. The molecule has 0 bridgehead atoms. The van der Waals surface area contributed by atoms with Gasteiger partial charge in [0.15, 0.2) is 6.20 Å². The molecule has 2 aromatic carbocycles. The lowest BCUT2D eigenvalue weighted by Gasteiger charge is -2.22. The molecule has 0 unspecified atom stereocenters. The van der Waals surface area contributed by atoms with Crippen LogP contribution < -0.4 is 4.57 Å². The highest BCUT2D eigenvalue weighted by Gasteiger charge is 2.33. The Morgan fingerprint density at radius 1 is 1.16 bits per heavy atom. The summed E-state index contributed by atoms with van der Waals surface area (Å²) in [4.78, 5) is 6.44. The third kappa shape index (κ3) is 2.53. The van der Waals surface area contributed by atoms with Gasteiger partial charge in [-0.25, -0.2) is 11.1 Å². The van der Waals surface area contributed by atoms with Crippen LogP contribution in [0, 0.1) is 13.5 Å². The topological polar surface area (TPSA) is 8.24 Å². The molecule has 2 nitrogen and oxygen atoms in total. The third-order valence-corrected chi connectivity index (χ3v) is 6.17. The number of aromatic nitrogens is 1. The molecule has 1 aliphatic rings. The van der Waals surface area contributed by atoms with Crippen molar-refractivity contribution in [2.45, 2.75) is 42.5 Å². The van der Waals surface area contributed by atoms with Gasteiger partial charge in [-0.3, -0.25) is 0 Å². The summed E-state index contributed by atoms with van der Waals surface area (Å²) in [6.45, 7) is 13.7. The molecule has 0 saturated carbocycles. The highest BCUT2D eigenvalue weighted by atomic mass is 32.2. The summed E-state index contributed by atoms with van der Waals surface area (Å²) in [5.41, 5.74) is 4.81. The molecular formula is C22H21N2S+. The third-order valence-electron chi connectivity index (χ3n) is 4.95. The van der Waals surface area contributed by atoms with Crippen LogP contribution >= 0.6 is 11.8 Å². The number of fused-ring (bicyclic) bond motifs is 2. The first-order valence-corrected chi connectivity index (χ1v) is 9.33. The molecule has 25 heavy (non-hydrogen) atoms. The predicted octanol–water partition coefficient (Wildman–Crippen LogP) is 5.34. The van der Waals surface area contributed by atoms with Crippen LogP contribution in [0.2, 0.25) is 0 Å². The largest absolute Gasteiger partial charge is 0.311 e. The van der Waals surface area contributed by atoms with E-state index in [4.69, 9.17) is 6.57 Å². The van der Waals surface area contributed by atoms with Gasteiger partial charge >= 0.3 is 0 Å². The van der Waals surface area contributed by atoms with E-state index in [9.17, 15) is 0 Å². The van der Waals surface area contributed by atoms with E-state index in [1.54, 1.807) is 0 Å². The summed E-state index contributed by atoms with van der Waals surface area (Å²) >= 11 is 1.85. The number of pyridine rings is 1. The summed E-state index contributed by atoms with van der Waals surface area (Å²) in [6, 6.07) is 13.2. The fourth-order valence-electron chi connectivity index (χ4n) is 3.66. The summed E-state index contributed by atoms with van der Waals surface area (Å²) in [5, 5.41) is 2.65. The Bertz CT molecular complexity index is 1060. The minimum atomic E-state index is -0.383. The smallest absolute Gasteiger partial charge is 0.231 e. The van der Waals surface area contributed by atoms with E-state index in [0.29, 0.717) is 0 Å². The molecule has 3 aromatic rings. The standard InChI is InChI=1S/C22H21N2S/c1-14-9-10-15-7-6-8-17-19(15)18(14)20-21(25-17)16(11-12-24(20)5)13-22(2,3)23-4/h6-12H,13H2,1-3,5H3/q+1. The first kappa shape index (κ1) is 16.2. The summed E-state index contributed by atoms with van der Waals surface area (Å²) in [5.74, 6) is 0. The summed E-state index contributed by atoms with van der Waals surface area (Å²) in [7, 11) is 2.12. The lowest BCUT2D eigenvalue weighted by atomic mass is 9.92. The van der Waals surface area contributed by atoms with Crippen molar-refractivity contribution in [2.75, 3.05) is 0 Å². The minimum absolute atomic E-state index is 0.383. The number of hydrogen-bond acceptors (Lipinski definition) is 1. The van der Waals surface area contributed by atoms with Crippen molar-refractivity contribution in [1.82, 2.24) is 0 Å². The molecule has 0 spiro atoms. The zero-order chi connectivity index (χ0) is 17.8. The van der Waals surface area contributed by atoms with Crippen LogP contribution in [0.3, 0.4) is 0 Å². The van der Waals surface area contributed by atoms with Crippen molar-refractivity contribution in [2.24, 2.45) is 7.05 Å². The van der Waals surface area contributed by atoms with Crippen LogP contribution in [-0.2, 0) is 13.5 Å². The predicted molar refractivity (Wildman–Crippen MR) is 104 cm³/mol. The van der Waals surface area contributed by atoms with E-state index in [1.807, 2.05) is 25.6 Å². The Balaban J connectivity index is 2.05. The highest BCUT2D eigenvalue weighted by molar-refractivity contribution is 7.99. The molecular weight excluding hydrogens is 324 g/mol. The van der Waals surface area contributed by atoms with Gasteiger partial charge in [0.1, 0.15) is 7.05 Å². The average Bonchev–Trinajstić information content (AvgIpc) is 2.60. The van der Waals surface area contributed by atoms with Crippen molar-refractivity contribution in [1.29, 1.82) is 0 Å². The van der Waals surface area contributed by atoms with Gasteiger partial charge in [0.25, 0.3) is 0 Å². The van der Waals surface area contributed by atoms with Crippen LogP contribution in [0.15, 0.2) is 52.4 Å². The molecule has 0 amide bonds. The fourth-order valence-corrected chi connectivity index (χ4v) is 4.97. The van der Waals surface area contributed by atoms with Gasteiger partial charge in [-0.15, -0.1) is 0 Å². The molecule has 0 radical (unpaired) electrons. The van der Waals surface area contributed by atoms with Crippen molar-refractivity contribution in [3.05, 3.63) is 65.1 Å². The van der Waals surface area contributed by atoms with E-state index >= 15 is 0 Å². The van der Waals surface area contributed by atoms with Crippen molar-refractivity contribution < 1.29 is 4.57 Å². The second-order valence-corrected chi connectivity index (χ2v) is 8.50. The molecule has 124 valence electrons. The average molecular weight is 345 g/mol. The molecule has 0 fully saturated rings. The van der Waals surface area contributed by atoms with Gasteiger partial charge in [0.05, 0.1) is 16.9 Å². The lowest BCUT2D eigenvalue weighted by Crippen LogP contribution is -2.33. The van der Waals surface area contributed by atoms with E-state index in [1.165, 1.54) is 42.9 Å². The van der Waals surface area contributed by atoms with Gasteiger partial charge in [-0.2, -0.15) is 0 Å². The minimum Gasteiger partial charge on any atom is -0.311 e. The van der Waals surface area contributed by atoms with E-state index in [-0.39, 0.29) is 5.54 Å². The van der Waals surface area contributed by atoms with Crippen molar-refractivity contribution >= 4 is 22.5 Å². The Morgan fingerprint density at radius 3 is 2.72 bits per heavy atom. The van der Waals surface area contributed by atoms with Gasteiger partial charge in [-0.05, 0) is 29.5 Å². The molecule has 4 rings (SSSR count). The Labute approximate surface area is 153 Å². The first-order valence-electron chi connectivity index (χ1n) is 8.52. The molecule has 1 aromatic heterocycles. The van der Waals surface area contributed by atoms with E-state index < -0.39 is 0 Å². The van der Waals surface area contributed by atoms with Crippen LogP contribution in [0.25, 0.3) is 26.9 Å². The van der Waals surface area contributed by atoms with Crippen molar-refractivity contribution in [3.8, 4) is 11.3 Å². The van der Waals surface area contributed by atoms with Crippen LogP contribution in [0.1, 0.15) is 25.0 Å². The van der Waals surface area contributed by atoms with Crippen LogP contribution in [0.5, 0.6) is 0 Å². The van der Waals surface area contributed by atoms with Crippen LogP contribution in [0.4, 0.5) is 0 Å². The molecule has 0 aliphatic carbocycles. The number of aryl methyl sites for hydroxylation is 2. The highest BCUT2D eigenvalue weighted by Crippen LogP contribution is 2.49. The summed E-state index contributed by atoms with van der Waals surface area (Å²) < 4.78 is 2.23. The molecule has 3 heteroatoms. The second-order valence-electron chi connectivity index (χ2n) is 7.44. The Hall–Kier alpha value is -2.31. The molecule has 2 heterocycles. The van der Waals surface area contributed by atoms with Gasteiger partial charge in [0.2, 0.25) is 11.2 Å². The lowest BCUT2D eigenvalue weighted by molar-refractivity contribution is -0.662. The first-order chi connectivity index (χ1) is 11.9. The van der Waals surface area contributed by atoms with Crippen LogP contribution in [-0.4, -0.2) is 5.54 Å². The quantitative estimate of drug-likeness (QED) is 0.351. The molecule has 0 atom stereocenters. The Kier molecular flexibility index (Phi) is 3.63. The monoisotopic (exact) mass is 345 g/mol. The maximum absolute atomic E-state index is 7.49. The number of hydrogen-bond donors (Lipinski definition) is 0. The summed E-state index contributed by atoms with van der Waals surface area (Å²) in [6.07, 6.45) is 2.91. The number of rotatable bonds is 2. The SMILES string of the molecule is [C-]#[N+]C(C)(C)Cc1cc[n+](C)c2c1Sc1cccc3ccc(C)c-2c13. The Morgan fingerprint density at radius 2 is 1.96 bits per heavy atom. The zero-order valence-corrected chi connectivity index (χ0v) is 15.9. The molecule has 1 aliphatic heterocycles. The maximum Gasteiger partial charge on any atom is 0.231 e. The number of nitrogens with zero attached hydrogens (tertiary/aromatic N) is 2. The van der Waals surface area contributed by atoms with Gasteiger partial charge < -0.3 is 4.85 Å². The maximum atomic E-state index is 7.49.